The van der Waals surface area contributed by atoms with Gasteiger partial charge in [-0.3, -0.25) is 0 Å². The fraction of sp³-hybridized carbons (Fsp3) is 0.500. The van der Waals surface area contributed by atoms with Crippen LogP contribution in [0.25, 0.3) is 5.57 Å². The van der Waals surface area contributed by atoms with Gasteiger partial charge in [0.15, 0.2) is 0 Å². The molecule has 0 fully saturated rings. The summed E-state index contributed by atoms with van der Waals surface area (Å²) in [6.07, 6.45) is 3.46. The van der Waals surface area contributed by atoms with E-state index < -0.39 is 0 Å². The predicted molar refractivity (Wildman–Crippen MR) is 87.6 cm³/mol. The van der Waals surface area contributed by atoms with Gasteiger partial charge in [0.05, 0.1) is 0 Å². The molecule has 19 heavy (non-hydrogen) atoms. The zero-order valence-electron chi connectivity index (χ0n) is 11.4. The molecule has 0 bridgehead atoms. The Morgan fingerprint density at radius 3 is 2.68 bits per heavy atom. The average molecular weight is 343 g/mol. The van der Waals surface area contributed by atoms with E-state index in [0.29, 0.717) is 11.8 Å². The second-order valence-electron chi connectivity index (χ2n) is 5.95. The second-order valence-corrected chi connectivity index (χ2v) is 6.87. The van der Waals surface area contributed by atoms with E-state index in [1.807, 2.05) is 0 Å². The predicted octanol–water partition coefficient (Wildman–Crippen LogP) is 4.57. The number of benzene rings is 1. The van der Waals surface area contributed by atoms with Crippen LogP contribution in [0.15, 0.2) is 28.2 Å². The molecule has 2 atom stereocenters. The number of hydrogen-bond donors (Lipinski definition) is 1. The molecular formula is C16H21BrClN. The molecule has 2 aliphatic rings. The summed E-state index contributed by atoms with van der Waals surface area (Å²) in [5, 5.41) is 0. The maximum Gasteiger partial charge on any atom is 0.0263 e. The summed E-state index contributed by atoms with van der Waals surface area (Å²) in [5.41, 5.74) is 12.3. The number of nitrogens with two attached hydrogens (primary N) is 1. The molecule has 0 amide bonds. The lowest BCUT2D eigenvalue weighted by atomic mass is 9.75. The van der Waals surface area contributed by atoms with Crippen LogP contribution in [-0.4, -0.2) is 6.04 Å². The molecule has 0 aromatic heterocycles. The van der Waals surface area contributed by atoms with Crippen LogP contribution in [0.4, 0.5) is 0 Å². The first-order valence-corrected chi connectivity index (χ1v) is 7.64. The van der Waals surface area contributed by atoms with Crippen molar-refractivity contribution < 1.29 is 0 Å². The molecule has 0 saturated carbocycles. The first-order valence-electron chi connectivity index (χ1n) is 6.85. The molecule has 0 saturated heterocycles. The minimum atomic E-state index is 0. The van der Waals surface area contributed by atoms with Crippen molar-refractivity contribution in [3.05, 3.63) is 39.4 Å². The molecule has 0 heterocycles. The number of fused-ring (bicyclic) bond motifs is 2. The average Bonchev–Trinajstić information content (AvgIpc) is 2.69. The van der Waals surface area contributed by atoms with Gasteiger partial charge in [0.2, 0.25) is 0 Å². The van der Waals surface area contributed by atoms with Gasteiger partial charge in [-0.05, 0) is 65.5 Å². The molecule has 104 valence electrons. The molecule has 3 heteroatoms. The molecule has 1 nitrogen and oxygen atoms in total. The zero-order chi connectivity index (χ0) is 12.9. The minimum absolute atomic E-state index is 0. The SMILES string of the molecule is CC(C)C1CCC(N)C2=C1c1cc(Br)ccc1C2.Cl. The van der Waals surface area contributed by atoms with Gasteiger partial charge in [-0.25, -0.2) is 0 Å². The molecule has 3 rings (SSSR count). The Morgan fingerprint density at radius 1 is 1.26 bits per heavy atom. The Balaban J connectivity index is 0.00000133. The number of halogens is 2. The van der Waals surface area contributed by atoms with Crippen molar-refractivity contribution in [2.24, 2.45) is 17.6 Å². The minimum Gasteiger partial charge on any atom is -0.324 e. The van der Waals surface area contributed by atoms with E-state index in [-0.39, 0.29) is 18.4 Å². The Kier molecular flexibility index (Phi) is 4.44. The van der Waals surface area contributed by atoms with E-state index >= 15 is 0 Å². The number of allylic oxidation sites excluding steroid dienone is 1. The van der Waals surface area contributed by atoms with Gasteiger partial charge >= 0.3 is 0 Å². The fourth-order valence-corrected chi connectivity index (χ4v) is 3.90. The van der Waals surface area contributed by atoms with Gasteiger partial charge in [-0.15, -0.1) is 12.4 Å². The quantitative estimate of drug-likeness (QED) is 0.794. The molecule has 2 N–H and O–H groups in total. The molecule has 2 aliphatic carbocycles. The van der Waals surface area contributed by atoms with E-state index in [9.17, 15) is 0 Å². The Hall–Kier alpha value is -0.310. The van der Waals surface area contributed by atoms with Gasteiger partial charge in [-0.1, -0.05) is 35.8 Å². The molecule has 1 aromatic carbocycles. The highest BCUT2D eigenvalue weighted by Crippen LogP contribution is 2.47. The van der Waals surface area contributed by atoms with Crippen molar-refractivity contribution in [1.82, 2.24) is 0 Å². The summed E-state index contributed by atoms with van der Waals surface area (Å²) in [6, 6.07) is 6.96. The molecule has 0 spiro atoms. The molecule has 2 unspecified atom stereocenters. The van der Waals surface area contributed by atoms with Crippen LogP contribution in [-0.2, 0) is 6.42 Å². The maximum absolute atomic E-state index is 6.33. The normalized spacial score (nSPS) is 25.1. The topological polar surface area (TPSA) is 26.0 Å². The molecule has 1 aromatic rings. The Bertz CT molecular complexity index is 521. The standard InChI is InChI=1S/C16H20BrN.ClH/c1-9(2)12-5-6-15(18)14-7-10-3-4-11(17)8-13(10)16(12)14;/h3-4,8-9,12,15H,5-7,18H2,1-2H3;1H. The van der Waals surface area contributed by atoms with Crippen molar-refractivity contribution in [1.29, 1.82) is 0 Å². The highest BCUT2D eigenvalue weighted by molar-refractivity contribution is 9.10. The number of hydrogen-bond acceptors (Lipinski definition) is 1. The summed E-state index contributed by atoms with van der Waals surface area (Å²) >= 11 is 3.60. The van der Waals surface area contributed by atoms with Crippen LogP contribution in [0, 0.1) is 11.8 Å². The van der Waals surface area contributed by atoms with E-state index in [1.165, 1.54) is 27.6 Å². The Morgan fingerprint density at radius 2 is 2.00 bits per heavy atom. The lowest BCUT2D eigenvalue weighted by Crippen LogP contribution is -2.30. The summed E-state index contributed by atoms with van der Waals surface area (Å²) in [5.74, 6) is 1.39. The second kappa shape index (κ2) is 5.59. The summed E-state index contributed by atoms with van der Waals surface area (Å²) in [7, 11) is 0. The summed E-state index contributed by atoms with van der Waals surface area (Å²) < 4.78 is 1.18. The highest BCUT2D eigenvalue weighted by Gasteiger charge is 2.35. The van der Waals surface area contributed by atoms with Crippen LogP contribution in [0.3, 0.4) is 0 Å². The summed E-state index contributed by atoms with van der Waals surface area (Å²) in [6.45, 7) is 4.67. The lowest BCUT2D eigenvalue weighted by molar-refractivity contribution is 0.406. The zero-order valence-corrected chi connectivity index (χ0v) is 13.9. The molecular weight excluding hydrogens is 322 g/mol. The van der Waals surface area contributed by atoms with E-state index in [0.717, 1.165) is 12.8 Å². The van der Waals surface area contributed by atoms with Gasteiger partial charge in [-0.2, -0.15) is 0 Å². The maximum atomic E-state index is 6.33. The molecule has 0 aliphatic heterocycles. The monoisotopic (exact) mass is 341 g/mol. The highest BCUT2D eigenvalue weighted by atomic mass is 79.9. The first kappa shape index (κ1) is 15.1. The third-order valence-corrected chi connectivity index (χ3v) is 4.99. The van der Waals surface area contributed by atoms with Crippen LogP contribution in [0.1, 0.15) is 37.8 Å². The van der Waals surface area contributed by atoms with Crippen LogP contribution in [0.5, 0.6) is 0 Å². The van der Waals surface area contributed by atoms with Crippen molar-refractivity contribution in [2.45, 2.75) is 39.2 Å². The third-order valence-electron chi connectivity index (χ3n) is 4.50. The van der Waals surface area contributed by atoms with Gasteiger partial charge < -0.3 is 5.73 Å². The lowest BCUT2D eigenvalue weighted by Gasteiger charge is -2.32. The Labute approximate surface area is 130 Å². The number of rotatable bonds is 1. The smallest absolute Gasteiger partial charge is 0.0263 e. The van der Waals surface area contributed by atoms with E-state index in [1.54, 1.807) is 5.57 Å². The fourth-order valence-electron chi connectivity index (χ4n) is 3.54. The molecule has 0 radical (unpaired) electrons. The van der Waals surface area contributed by atoms with E-state index in [4.69, 9.17) is 5.73 Å². The van der Waals surface area contributed by atoms with Crippen LogP contribution >= 0.6 is 28.3 Å². The van der Waals surface area contributed by atoms with E-state index in [2.05, 4.69) is 48.0 Å². The van der Waals surface area contributed by atoms with Crippen LogP contribution in [0.2, 0.25) is 0 Å². The van der Waals surface area contributed by atoms with Crippen molar-refractivity contribution in [3.63, 3.8) is 0 Å². The third kappa shape index (κ3) is 2.51. The summed E-state index contributed by atoms with van der Waals surface area (Å²) in [4.78, 5) is 0. The van der Waals surface area contributed by atoms with Crippen molar-refractivity contribution >= 4 is 33.9 Å². The van der Waals surface area contributed by atoms with Crippen molar-refractivity contribution in [3.8, 4) is 0 Å². The van der Waals surface area contributed by atoms with Crippen LogP contribution < -0.4 is 5.73 Å². The first-order chi connectivity index (χ1) is 8.58. The van der Waals surface area contributed by atoms with Crippen molar-refractivity contribution in [2.75, 3.05) is 0 Å². The van der Waals surface area contributed by atoms with Gasteiger partial charge in [0.1, 0.15) is 0 Å². The van der Waals surface area contributed by atoms with Gasteiger partial charge in [0, 0.05) is 10.5 Å². The largest absolute Gasteiger partial charge is 0.324 e. The van der Waals surface area contributed by atoms with Gasteiger partial charge in [0.25, 0.3) is 0 Å².